The van der Waals surface area contributed by atoms with Crippen LogP contribution in [0.15, 0.2) is 12.2 Å². The summed E-state index contributed by atoms with van der Waals surface area (Å²) in [5.74, 6) is 0.119. The van der Waals surface area contributed by atoms with Crippen LogP contribution >= 0.6 is 0 Å². The van der Waals surface area contributed by atoms with E-state index in [1.807, 2.05) is 7.05 Å². The topological polar surface area (TPSA) is 23.6 Å². The van der Waals surface area contributed by atoms with Gasteiger partial charge in [-0.1, -0.05) is 12.2 Å². The number of nitrogens with zero attached hydrogens (tertiary/aromatic N) is 2. The van der Waals surface area contributed by atoms with Crippen LogP contribution < -0.4 is 0 Å². The molecule has 0 aliphatic carbocycles. The molecule has 1 aliphatic heterocycles. The van der Waals surface area contributed by atoms with Gasteiger partial charge in [0.1, 0.15) is 0 Å². The van der Waals surface area contributed by atoms with Crippen molar-refractivity contribution in [3.05, 3.63) is 12.2 Å². The number of likely N-dealkylation sites (N-methyl/N-ethyl adjacent to an activating group) is 1. The average molecular weight is 182 g/mol. The summed E-state index contributed by atoms with van der Waals surface area (Å²) in [4.78, 5) is 14.9. The highest BCUT2D eigenvalue weighted by Crippen LogP contribution is 2.04. The molecule has 0 atom stereocenters. The maximum Gasteiger partial charge on any atom is 0.219 e. The van der Waals surface area contributed by atoms with Crippen molar-refractivity contribution in [2.45, 2.75) is 13.3 Å². The Hall–Kier alpha value is -0.830. The summed E-state index contributed by atoms with van der Waals surface area (Å²) in [6.45, 7) is 5.80. The molecule has 0 spiro atoms. The van der Waals surface area contributed by atoms with Gasteiger partial charge >= 0.3 is 0 Å². The molecule has 1 heterocycles. The quantitative estimate of drug-likeness (QED) is 0.598. The lowest BCUT2D eigenvalue weighted by Gasteiger charge is -2.29. The Kier molecular flexibility index (Phi) is 3.96. The second-order valence-electron chi connectivity index (χ2n) is 3.53. The van der Waals surface area contributed by atoms with Gasteiger partial charge in [-0.15, -0.1) is 0 Å². The molecule has 74 valence electrons. The van der Waals surface area contributed by atoms with Crippen LogP contribution in [-0.2, 0) is 4.79 Å². The van der Waals surface area contributed by atoms with Crippen LogP contribution in [0.25, 0.3) is 0 Å². The molecule has 1 saturated heterocycles. The van der Waals surface area contributed by atoms with Crippen LogP contribution in [0.5, 0.6) is 0 Å². The van der Waals surface area contributed by atoms with Gasteiger partial charge in [-0.3, -0.25) is 9.69 Å². The maximum atomic E-state index is 10.8. The van der Waals surface area contributed by atoms with Gasteiger partial charge in [-0.25, -0.2) is 0 Å². The van der Waals surface area contributed by atoms with E-state index in [2.05, 4.69) is 17.1 Å². The first-order valence-corrected chi connectivity index (χ1v) is 4.79. The van der Waals surface area contributed by atoms with Crippen LogP contribution in [0.1, 0.15) is 13.3 Å². The number of rotatable bonds is 4. The Balaban J connectivity index is 2.06. The van der Waals surface area contributed by atoms with E-state index in [9.17, 15) is 4.79 Å². The smallest absolute Gasteiger partial charge is 0.219 e. The third-order valence-corrected chi connectivity index (χ3v) is 2.40. The van der Waals surface area contributed by atoms with E-state index < -0.39 is 0 Å². The number of carbonyl (C=O) groups excluding carboxylic acids is 1. The molecular formula is C10H18N2O. The van der Waals surface area contributed by atoms with Crippen molar-refractivity contribution < 1.29 is 4.79 Å². The lowest BCUT2D eigenvalue weighted by Crippen LogP contribution is -2.37. The van der Waals surface area contributed by atoms with Crippen molar-refractivity contribution >= 4 is 5.91 Å². The molecule has 0 aromatic rings. The zero-order chi connectivity index (χ0) is 9.68. The van der Waals surface area contributed by atoms with Crippen LogP contribution in [0.3, 0.4) is 0 Å². The molecule has 0 aromatic heterocycles. The van der Waals surface area contributed by atoms with Gasteiger partial charge in [-0.2, -0.15) is 0 Å². The minimum atomic E-state index is 0.119. The van der Waals surface area contributed by atoms with E-state index in [4.69, 9.17) is 0 Å². The zero-order valence-corrected chi connectivity index (χ0v) is 8.49. The maximum absolute atomic E-state index is 10.8. The summed E-state index contributed by atoms with van der Waals surface area (Å²) in [6.07, 6.45) is 5.53. The summed E-state index contributed by atoms with van der Waals surface area (Å²) in [5, 5.41) is 0. The van der Waals surface area contributed by atoms with Gasteiger partial charge in [-0.05, 0) is 19.5 Å². The third kappa shape index (κ3) is 3.59. The normalized spacial score (nSPS) is 17.4. The van der Waals surface area contributed by atoms with Crippen LogP contribution in [0, 0.1) is 0 Å². The van der Waals surface area contributed by atoms with E-state index in [0.29, 0.717) is 0 Å². The Morgan fingerprint density at radius 1 is 1.46 bits per heavy atom. The lowest BCUT2D eigenvalue weighted by molar-refractivity contribution is -0.127. The van der Waals surface area contributed by atoms with Crippen molar-refractivity contribution in [1.82, 2.24) is 9.80 Å². The fraction of sp³-hybridized carbons (Fsp3) is 0.700. The third-order valence-electron chi connectivity index (χ3n) is 2.40. The minimum Gasteiger partial charge on any atom is -0.342 e. The predicted molar refractivity (Wildman–Crippen MR) is 53.5 cm³/mol. The molecular weight excluding hydrogens is 164 g/mol. The van der Waals surface area contributed by atoms with Gasteiger partial charge in [0.15, 0.2) is 0 Å². The monoisotopic (exact) mass is 182 g/mol. The van der Waals surface area contributed by atoms with Crippen molar-refractivity contribution in [3.63, 3.8) is 0 Å². The summed E-state index contributed by atoms with van der Waals surface area (Å²) in [5.41, 5.74) is 0. The van der Waals surface area contributed by atoms with Crippen molar-refractivity contribution in [3.8, 4) is 0 Å². The number of amides is 1. The van der Waals surface area contributed by atoms with Crippen LogP contribution in [-0.4, -0.2) is 48.9 Å². The van der Waals surface area contributed by atoms with E-state index in [-0.39, 0.29) is 5.91 Å². The number of carbonyl (C=O) groups is 1. The molecule has 0 N–H and O–H groups in total. The fourth-order valence-electron chi connectivity index (χ4n) is 1.15. The summed E-state index contributed by atoms with van der Waals surface area (Å²) in [6, 6.07) is 0. The van der Waals surface area contributed by atoms with Gasteiger partial charge in [0.25, 0.3) is 0 Å². The summed E-state index contributed by atoms with van der Waals surface area (Å²) in [7, 11) is 1.82. The van der Waals surface area contributed by atoms with Crippen molar-refractivity contribution in [2.75, 3.05) is 33.2 Å². The molecule has 1 rings (SSSR count). The second-order valence-corrected chi connectivity index (χ2v) is 3.53. The molecule has 0 aromatic carbocycles. The van der Waals surface area contributed by atoms with Crippen molar-refractivity contribution in [1.29, 1.82) is 0 Å². The van der Waals surface area contributed by atoms with Crippen LogP contribution in [0.4, 0.5) is 0 Å². The molecule has 0 radical (unpaired) electrons. The SMILES string of the molecule is CC(=O)N(C)C/C=C/CN1CCC1. The first kappa shape index (κ1) is 10.3. The predicted octanol–water partition coefficient (Wildman–Crippen LogP) is 0.727. The van der Waals surface area contributed by atoms with E-state index >= 15 is 0 Å². The molecule has 0 unspecified atom stereocenters. The summed E-state index contributed by atoms with van der Waals surface area (Å²) < 4.78 is 0. The largest absolute Gasteiger partial charge is 0.342 e. The molecule has 13 heavy (non-hydrogen) atoms. The first-order chi connectivity index (χ1) is 6.20. The molecule has 1 aliphatic rings. The Bertz CT molecular complexity index is 197. The Labute approximate surface area is 80.0 Å². The van der Waals surface area contributed by atoms with Crippen molar-refractivity contribution in [2.24, 2.45) is 0 Å². The lowest BCUT2D eigenvalue weighted by atomic mass is 10.2. The minimum absolute atomic E-state index is 0.119. The summed E-state index contributed by atoms with van der Waals surface area (Å²) >= 11 is 0. The second kappa shape index (κ2) is 5.02. The van der Waals surface area contributed by atoms with Crippen LogP contribution in [0.2, 0.25) is 0 Å². The fourth-order valence-corrected chi connectivity index (χ4v) is 1.15. The molecule has 3 heteroatoms. The van der Waals surface area contributed by atoms with Gasteiger partial charge in [0.05, 0.1) is 0 Å². The number of likely N-dealkylation sites (tertiary alicyclic amines) is 1. The molecule has 1 amide bonds. The highest BCUT2D eigenvalue weighted by molar-refractivity contribution is 5.72. The molecule has 0 saturated carbocycles. The number of hydrogen-bond acceptors (Lipinski definition) is 2. The average Bonchev–Trinajstić information content (AvgIpc) is 2.00. The highest BCUT2D eigenvalue weighted by Gasteiger charge is 2.10. The number of hydrogen-bond donors (Lipinski definition) is 0. The van der Waals surface area contributed by atoms with E-state index in [1.165, 1.54) is 19.5 Å². The Morgan fingerprint density at radius 3 is 2.62 bits per heavy atom. The van der Waals surface area contributed by atoms with Gasteiger partial charge in [0, 0.05) is 27.1 Å². The molecule has 1 fully saturated rings. The van der Waals surface area contributed by atoms with E-state index in [0.717, 1.165) is 13.1 Å². The Morgan fingerprint density at radius 2 is 2.15 bits per heavy atom. The van der Waals surface area contributed by atoms with Gasteiger partial charge < -0.3 is 4.90 Å². The zero-order valence-electron chi connectivity index (χ0n) is 8.49. The molecule has 3 nitrogen and oxygen atoms in total. The highest BCUT2D eigenvalue weighted by atomic mass is 16.2. The first-order valence-electron chi connectivity index (χ1n) is 4.79. The van der Waals surface area contributed by atoms with Gasteiger partial charge in [0.2, 0.25) is 5.91 Å². The standard InChI is InChI=1S/C10H18N2O/c1-10(13)11(2)6-3-4-7-12-8-5-9-12/h3-4H,5-9H2,1-2H3/b4-3+. The molecule has 0 bridgehead atoms. The van der Waals surface area contributed by atoms with E-state index in [1.54, 1.807) is 11.8 Å².